The second kappa shape index (κ2) is 11.1. The number of phenolic OH excluding ortho intramolecular Hbond substituents is 1. The van der Waals surface area contributed by atoms with Crippen LogP contribution in [0.25, 0.3) is 0 Å². The summed E-state index contributed by atoms with van der Waals surface area (Å²) in [5.41, 5.74) is 0.731. The average Bonchev–Trinajstić information content (AvgIpc) is 2.77. The average molecular weight is 457 g/mol. The number of phenols is 1. The van der Waals surface area contributed by atoms with Gasteiger partial charge in [0.1, 0.15) is 24.7 Å². The second-order valence-corrected chi connectivity index (χ2v) is 9.01. The second-order valence-electron chi connectivity index (χ2n) is 9.01. The molecule has 0 aromatic heterocycles. The van der Waals surface area contributed by atoms with Gasteiger partial charge in [-0.15, -0.1) is 0 Å². The summed E-state index contributed by atoms with van der Waals surface area (Å²) in [7, 11) is 0. The molecule has 1 amide bonds. The van der Waals surface area contributed by atoms with Crippen molar-refractivity contribution in [3.05, 3.63) is 58.1 Å². The Bertz CT molecular complexity index is 977. The van der Waals surface area contributed by atoms with Crippen molar-refractivity contribution in [1.82, 2.24) is 0 Å². The van der Waals surface area contributed by atoms with Gasteiger partial charge in [0, 0.05) is 29.4 Å². The molecule has 33 heavy (non-hydrogen) atoms. The standard InChI is InChI=1S/C25H32N2O6/c1-16(2)25-17(3)6-4-9-23(25)33-15-24(29)26-19-7-5-8-21(13-19)32-14-18-12-20(27(30)31)10-11-22(18)28/h5,7-8,10-13,16-17,23,25,28H,4,6,9,14-15H2,1-3H3,(H,26,29). The molecular formula is C25H32N2O6. The van der Waals surface area contributed by atoms with Crippen LogP contribution in [-0.2, 0) is 16.1 Å². The molecule has 178 valence electrons. The zero-order chi connectivity index (χ0) is 24.0. The molecule has 0 aliphatic heterocycles. The molecule has 1 saturated carbocycles. The van der Waals surface area contributed by atoms with Crippen LogP contribution in [-0.4, -0.2) is 28.6 Å². The zero-order valence-corrected chi connectivity index (χ0v) is 19.3. The Balaban J connectivity index is 1.55. The number of nitro groups is 1. The summed E-state index contributed by atoms with van der Waals surface area (Å²) in [6, 6.07) is 10.6. The Morgan fingerprint density at radius 3 is 2.76 bits per heavy atom. The Labute approximate surface area is 194 Å². The van der Waals surface area contributed by atoms with Crippen LogP contribution in [0.15, 0.2) is 42.5 Å². The molecule has 1 aliphatic carbocycles. The molecule has 3 unspecified atom stereocenters. The van der Waals surface area contributed by atoms with Gasteiger partial charge in [0.25, 0.3) is 5.69 Å². The highest BCUT2D eigenvalue weighted by Gasteiger charge is 2.33. The molecule has 1 aliphatic rings. The molecule has 8 heteroatoms. The Morgan fingerprint density at radius 1 is 1.24 bits per heavy atom. The van der Waals surface area contributed by atoms with Gasteiger partial charge in [-0.3, -0.25) is 14.9 Å². The number of rotatable bonds is 9. The van der Waals surface area contributed by atoms with Gasteiger partial charge in [0.15, 0.2) is 0 Å². The minimum atomic E-state index is -0.529. The lowest BCUT2D eigenvalue weighted by atomic mass is 9.72. The van der Waals surface area contributed by atoms with E-state index >= 15 is 0 Å². The van der Waals surface area contributed by atoms with Crippen molar-refractivity contribution in [2.45, 2.75) is 52.7 Å². The molecular weight excluding hydrogens is 424 g/mol. The Kier molecular flexibility index (Phi) is 8.27. The van der Waals surface area contributed by atoms with E-state index in [9.17, 15) is 20.0 Å². The van der Waals surface area contributed by atoms with Crippen LogP contribution in [0.5, 0.6) is 11.5 Å². The van der Waals surface area contributed by atoms with Gasteiger partial charge in [-0.25, -0.2) is 0 Å². The summed E-state index contributed by atoms with van der Waals surface area (Å²) in [6.07, 6.45) is 3.40. The third-order valence-electron chi connectivity index (χ3n) is 6.22. The van der Waals surface area contributed by atoms with Crippen molar-refractivity contribution in [2.75, 3.05) is 11.9 Å². The maximum absolute atomic E-state index is 12.5. The van der Waals surface area contributed by atoms with Gasteiger partial charge in [-0.2, -0.15) is 0 Å². The van der Waals surface area contributed by atoms with Crippen LogP contribution >= 0.6 is 0 Å². The molecule has 3 atom stereocenters. The quantitative estimate of drug-likeness (QED) is 0.391. The van der Waals surface area contributed by atoms with E-state index in [-0.39, 0.29) is 36.7 Å². The smallest absolute Gasteiger partial charge is 0.270 e. The van der Waals surface area contributed by atoms with E-state index in [1.807, 2.05) is 0 Å². The number of anilines is 1. The molecule has 1 fully saturated rings. The van der Waals surface area contributed by atoms with Gasteiger partial charge in [-0.05, 0) is 42.4 Å². The largest absolute Gasteiger partial charge is 0.508 e. The van der Waals surface area contributed by atoms with Gasteiger partial charge in [0.05, 0.1) is 11.0 Å². The van der Waals surface area contributed by atoms with E-state index in [0.717, 1.165) is 12.8 Å². The minimum Gasteiger partial charge on any atom is -0.508 e. The molecule has 0 spiro atoms. The van der Waals surface area contributed by atoms with E-state index in [1.54, 1.807) is 24.3 Å². The molecule has 0 radical (unpaired) electrons. The van der Waals surface area contributed by atoms with Crippen LogP contribution in [0.2, 0.25) is 0 Å². The number of benzene rings is 2. The lowest BCUT2D eigenvalue weighted by Crippen LogP contribution is -2.38. The normalized spacial score (nSPS) is 20.4. The lowest BCUT2D eigenvalue weighted by molar-refractivity contribution is -0.385. The zero-order valence-electron chi connectivity index (χ0n) is 19.3. The fourth-order valence-electron chi connectivity index (χ4n) is 4.68. The molecule has 2 N–H and O–H groups in total. The van der Waals surface area contributed by atoms with Crippen molar-refractivity contribution in [3.63, 3.8) is 0 Å². The Morgan fingerprint density at radius 2 is 2.03 bits per heavy atom. The van der Waals surface area contributed by atoms with E-state index in [0.29, 0.717) is 34.8 Å². The van der Waals surface area contributed by atoms with Gasteiger partial charge < -0.3 is 19.9 Å². The van der Waals surface area contributed by atoms with Crippen LogP contribution in [0, 0.1) is 27.9 Å². The number of amides is 1. The summed E-state index contributed by atoms with van der Waals surface area (Å²) < 4.78 is 11.7. The van der Waals surface area contributed by atoms with Crippen LogP contribution in [0.3, 0.4) is 0 Å². The highest BCUT2D eigenvalue weighted by molar-refractivity contribution is 5.91. The van der Waals surface area contributed by atoms with Crippen molar-refractivity contribution >= 4 is 17.3 Å². The maximum atomic E-state index is 12.5. The first-order valence-electron chi connectivity index (χ1n) is 11.3. The molecule has 0 heterocycles. The predicted octanol–water partition coefficient (Wildman–Crippen LogP) is 5.30. The first-order chi connectivity index (χ1) is 15.7. The molecule has 0 bridgehead atoms. The van der Waals surface area contributed by atoms with E-state index in [4.69, 9.17) is 9.47 Å². The van der Waals surface area contributed by atoms with Gasteiger partial charge in [-0.1, -0.05) is 39.7 Å². The SMILES string of the molecule is CC(C)C1C(C)CCCC1OCC(=O)Nc1cccc(OCc2cc([N+](=O)[O-])ccc2O)c1. The number of hydrogen-bond donors (Lipinski definition) is 2. The first-order valence-corrected chi connectivity index (χ1v) is 11.3. The summed E-state index contributed by atoms with van der Waals surface area (Å²) in [4.78, 5) is 22.9. The number of aromatic hydroxyl groups is 1. The molecule has 0 saturated heterocycles. The molecule has 2 aromatic rings. The van der Waals surface area contributed by atoms with E-state index in [1.165, 1.54) is 24.6 Å². The number of carbonyl (C=O) groups excluding carboxylic acids is 1. The fraction of sp³-hybridized carbons (Fsp3) is 0.480. The van der Waals surface area contributed by atoms with Crippen molar-refractivity contribution in [2.24, 2.45) is 17.8 Å². The third kappa shape index (κ3) is 6.68. The third-order valence-corrected chi connectivity index (χ3v) is 6.22. The first kappa shape index (κ1) is 24.5. The fourth-order valence-corrected chi connectivity index (χ4v) is 4.68. The van der Waals surface area contributed by atoms with Crippen LogP contribution in [0.4, 0.5) is 11.4 Å². The number of non-ortho nitro benzene ring substituents is 1. The summed E-state index contributed by atoms with van der Waals surface area (Å²) in [5.74, 6) is 1.69. The number of ether oxygens (including phenoxy) is 2. The molecule has 3 rings (SSSR count). The predicted molar refractivity (Wildman–Crippen MR) is 125 cm³/mol. The summed E-state index contributed by atoms with van der Waals surface area (Å²) in [6.45, 7) is 6.63. The highest BCUT2D eigenvalue weighted by Crippen LogP contribution is 2.36. The van der Waals surface area contributed by atoms with Crippen LogP contribution < -0.4 is 10.1 Å². The highest BCUT2D eigenvalue weighted by atomic mass is 16.6. The van der Waals surface area contributed by atoms with Crippen LogP contribution in [0.1, 0.15) is 45.6 Å². The van der Waals surface area contributed by atoms with Crippen molar-refractivity contribution in [3.8, 4) is 11.5 Å². The van der Waals surface area contributed by atoms with E-state index in [2.05, 4.69) is 26.1 Å². The minimum absolute atomic E-state index is 0.00670. The lowest BCUT2D eigenvalue weighted by Gasteiger charge is -2.38. The molecule has 8 nitrogen and oxygen atoms in total. The number of nitrogens with zero attached hydrogens (tertiary/aromatic N) is 1. The topological polar surface area (TPSA) is 111 Å². The number of carbonyl (C=O) groups is 1. The van der Waals surface area contributed by atoms with Gasteiger partial charge >= 0.3 is 0 Å². The van der Waals surface area contributed by atoms with Gasteiger partial charge in [0.2, 0.25) is 5.91 Å². The summed E-state index contributed by atoms with van der Waals surface area (Å²) in [5, 5.41) is 23.7. The maximum Gasteiger partial charge on any atom is 0.270 e. The monoisotopic (exact) mass is 456 g/mol. The van der Waals surface area contributed by atoms with Crippen molar-refractivity contribution < 1.29 is 24.3 Å². The number of nitrogens with one attached hydrogen (secondary N) is 1. The number of hydrogen-bond acceptors (Lipinski definition) is 6. The summed E-state index contributed by atoms with van der Waals surface area (Å²) >= 11 is 0. The number of nitro benzene ring substituents is 1. The Hall–Kier alpha value is -3.13. The molecule has 2 aromatic carbocycles. The van der Waals surface area contributed by atoms with E-state index < -0.39 is 4.92 Å². The van der Waals surface area contributed by atoms with Crippen molar-refractivity contribution in [1.29, 1.82) is 0 Å².